The zero-order valence-corrected chi connectivity index (χ0v) is 7.37. The molecule has 0 amide bonds. The van der Waals surface area contributed by atoms with E-state index in [-0.39, 0.29) is 6.42 Å². The molecule has 0 aliphatic heterocycles. The predicted molar refractivity (Wildman–Crippen MR) is 43.7 cm³/mol. The van der Waals surface area contributed by atoms with Crippen molar-refractivity contribution in [2.24, 2.45) is 0 Å². The summed E-state index contributed by atoms with van der Waals surface area (Å²) in [5, 5.41) is 11.1. The zero-order valence-electron chi connectivity index (χ0n) is 6.56. The Kier molecular flexibility index (Phi) is 3.19. The number of aliphatic hydroxyl groups is 1. The highest BCUT2D eigenvalue weighted by Gasteiger charge is 2.14. The first-order valence-corrected chi connectivity index (χ1v) is 4.31. The molecule has 1 heterocycles. The second-order valence-corrected chi connectivity index (χ2v) is 2.93. The summed E-state index contributed by atoms with van der Waals surface area (Å²) in [5.74, 6) is -0.435. The molecule has 12 heavy (non-hydrogen) atoms. The molecule has 0 saturated carbocycles. The molecular weight excluding hydrogens is 178 g/mol. The quantitative estimate of drug-likeness (QED) is 0.709. The predicted octanol–water partition coefficient (Wildman–Crippen LogP) is 0.740. The van der Waals surface area contributed by atoms with Crippen LogP contribution in [0, 0.1) is 0 Å². The van der Waals surface area contributed by atoms with Gasteiger partial charge < -0.3 is 9.84 Å². The van der Waals surface area contributed by atoms with Gasteiger partial charge in [0, 0.05) is 5.38 Å². The first-order valence-electron chi connectivity index (χ1n) is 3.37. The van der Waals surface area contributed by atoms with Crippen LogP contribution in [0.1, 0.15) is 18.2 Å². The lowest BCUT2D eigenvalue weighted by molar-refractivity contribution is -0.142. The Morgan fingerprint density at radius 2 is 2.67 bits per heavy atom. The van der Waals surface area contributed by atoms with E-state index in [2.05, 4.69) is 9.72 Å². The van der Waals surface area contributed by atoms with Gasteiger partial charge in [-0.25, -0.2) is 4.98 Å². The molecule has 0 radical (unpaired) electrons. The smallest absolute Gasteiger partial charge is 0.308 e. The minimum absolute atomic E-state index is 0.0414. The topological polar surface area (TPSA) is 59.4 Å². The van der Waals surface area contributed by atoms with E-state index >= 15 is 0 Å². The van der Waals surface area contributed by atoms with Crippen molar-refractivity contribution in [2.75, 3.05) is 7.11 Å². The van der Waals surface area contributed by atoms with Crippen molar-refractivity contribution < 1.29 is 14.6 Å². The van der Waals surface area contributed by atoms with E-state index in [4.69, 9.17) is 0 Å². The van der Waals surface area contributed by atoms with E-state index in [9.17, 15) is 9.90 Å². The Labute approximate surface area is 73.8 Å². The number of aliphatic hydroxyl groups excluding tert-OH is 1. The van der Waals surface area contributed by atoms with E-state index in [1.165, 1.54) is 18.4 Å². The molecule has 0 fully saturated rings. The average molecular weight is 187 g/mol. The molecule has 66 valence electrons. The van der Waals surface area contributed by atoms with Crippen LogP contribution in [0.3, 0.4) is 0 Å². The largest absolute Gasteiger partial charge is 0.469 e. The van der Waals surface area contributed by atoms with Gasteiger partial charge in [-0.1, -0.05) is 0 Å². The highest BCUT2D eigenvalue weighted by atomic mass is 32.1. The van der Waals surface area contributed by atoms with Gasteiger partial charge in [0.15, 0.2) is 0 Å². The molecule has 4 nitrogen and oxygen atoms in total. The van der Waals surface area contributed by atoms with Crippen molar-refractivity contribution in [2.45, 2.75) is 12.5 Å². The van der Waals surface area contributed by atoms with Gasteiger partial charge in [0.05, 0.1) is 24.7 Å². The lowest BCUT2D eigenvalue weighted by Gasteiger charge is -2.04. The van der Waals surface area contributed by atoms with E-state index in [1.807, 2.05) is 0 Å². The number of carbonyl (C=O) groups excluding carboxylic acids is 1. The molecule has 1 rings (SSSR count). The second-order valence-electron chi connectivity index (χ2n) is 2.21. The first kappa shape index (κ1) is 9.15. The molecule has 0 saturated heterocycles. The number of thiazole rings is 1. The first-order chi connectivity index (χ1) is 5.74. The summed E-state index contributed by atoms with van der Waals surface area (Å²) in [5.41, 5.74) is 2.13. The summed E-state index contributed by atoms with van der Waals surface area (Å²) in [6, 6.07) is 0. The van der Waals surface area contributed by atoms with Crippen LogP contribution in [-0.4, -0.2) is 23.2 Å². The zero-order chi connectivity index (χ0) is 8.97. The van der Waals surface area contributed by atoms with Gasteiger partial charge in [0.2, 0.25) is 0 Å². The van der Waals surface area contributed by atoms with Gasteiger partial charge in [-0.15, -0.1) is 11.3 Å². The van der Waals surface area contributed by atoms with Crippen LogP contribution >= 0.6 is 11.3 Å². The van der Waals surface area contributed by atoms with Crippen LogP contribution in [0.4, 0.5) is 0 Å². The van der Waals surface area contributed by atoms with Crippen molar-refractivity contribution in [3.8, 4) is 0 Å². The van der Waals surface area contributed by atoms with Crippen LogP contribution in [0.25, 0.3) is 0 Å². The summed E-state index contributed by atoms with van der Waals surface area (Å²) in [6.07, 6.45) is -0.885. The molecule has 0 aliphatic rings. The van der Waals surface area contributed by atoms with E-state index in [0.717, 1.165) is 0 Å². The standard InChI is InChI=1S/C7H9NO3S/c1-11-7(10)2-6(9)5-3-12-4-8-5/h3-4,6,9H,2H2,1H3. The third-order valence-corrected chi connectivity index (χ3v) is 1.99. The lowest BCUT2D eigenvalue weighted by atomic mass is 10.2. The maximum atomic E-state index is 10.7. The Hall–Kier alpha value is -0.940. The minimum Gasteiger partial charge on any atom is -0.469 e. The summed E-state index contributed by atoms with van der Waals surface area (Å²) < 4.78 is 4.40. The number of nitrogens with zero attached hydrogens (tertiary/aromatic N) is 1. The van der Waals surface area contributed by atoms with Crippen LogP contribution < -0.4 is 0 Å². The van der Waals surface area contributed by atoms with Crippen molar-refractivity contribution in [3.05, 3.63) is 16.6 Å². The van der Waals surface area contributed by atoms with Crippen LogP contribution in [0.2, 0.25) is 0 Å². The third kappa shape index (κ3) is 2.28. The van der Waals surface area contributed by atoms with Crippen molar-refractivity contribution in [1.82, 2.24) is 4.98 Å². The maximum absolute atomic E-state index is 10.7. The Balaban J connectivity index is 2.49. The molecule has 1 atom stereocenters. The number of ether oxygens (including phenoxy) is 1. The monoisotopic (exact) mass is 187 g/mol. The number of rotatable bonds is 3. The second kappa shape index (κ2) is 4.18. The molecule has 1 unspecified atom stereocenters. The van der Waals surface area contributed by atoms with Gasteiger partial charge >= 0.3 is 5.97 Å². The molecule has 1 aromatic rings. The van der Waals surface area contributed by atoms with E-state index in [1.54, 1.807) is 10.9 Å². The molecule has 0 spiro atoms. The number of hydrogen-bond donors (Lipinski definition) is 1. The minimum atomic E-state index is -0.844. The summed E-state index contributed by atoms with van der Waals surface area (Å²) in [7, 11) is 1.29. The number of aromatic nitrogens is 1. The molecule has 1 aromatic heterocycles. The number of carbonyl (C=O) groups is 1. The summed E-state index contributed by atoms with van der Waals surface area (Å²) in [4.78, 5) is 14.6. The molecular formula is C7H9NO3S. The molecule has 0 aliphatic carbocycles. The Morgan fingerprint density at radius 1 is 1.92 bits per heavy atom. The van der Waals surface area contributed by atoms with E-state index in [0.29, 0.717) is 5.69 Å². The lowest BCUT2D eigenvalue weighted by Crippen LogP contribution is -2.08. The molecule has 5 heteroatoms. The van der Waals surface area contributed by atoms with Crippen LogP contribution in [0.15, 0.2) is 10.9 Å². The van der Waals surface area contributed by atoms with Gasteiger partial charge in [-0.3, -0.25) is 4.79 Å². The third-order valence-electron chi connectivity index (χ3n) is 1.38. The fourth-order valence-electron chi connectivity index (χ4n) is 0.732. The molecule has 1 N–H and O–H groups in total. The average Bonchev–Trinajstić information content (AvgIpc) is 2.56. The van der Waals surface area contributed by atoms with E-state index < -0.39 is 12.1 Å². The normalized spacial score (nSPS) is 12.5. The summed E-state index contributed by atoms with van der Waals surface area (Å²) >= 11 is 1.38. The summed E-state index contributed by atoms with van der Waals surface area (Å²) in [6.45, 7) is 0. The number of esters is 1. The van der Waals surface area contributed by atoms with Gasteiger partial charge in [0.25, 0.3) is 0 Å². The SMILES string of the molecule is COC(=O)CC(O)c1cscn1. The van der Waals surface area contributed by atoms with Gasteiger partial charge in [-0.05, 0) is 0 Å². The van der Waals surface area contributed by atoms with Crippen LogP contribution in [0.5, 0.6) is 0 Å². The fourth-order valence-corrected chi connectivity index (χ4v) is 1.33. The Morgan fingerprint density at radius 3 is 3.17 bits per heavy atom. The van der Waals surface area contributed by atoms with Crippen molar-refractivity contribution >= 4 is 17.3 Å². The molecule has 0 aromatic carbocycles. The van der Waals surface area contributed by atoms with Crippen molar-refractivity contribution in [3.63, 3.8) is 0 Å². The Bertz CT molecular complexity index is 247. The number of methoxy groups -OCH3 is 1. The number of hydrogen-bond acceptors (Lipinski definition) is 5. The molecule has 0 bridgehead atoms. The highest BCUT2D eigenvalue weighted by Crippen LogP contribution is 2.16. The van der Waals surface area contributed by atoms with Crippen molar-refractivity contribution in [1.29, 1.82) is 0 Å². The fraction of sp³-hybridized carbons (Fsp3) is 0.429. The van der Waals surface area contributed by atoms with Crippen LogP contribution in [-0.2, 0) is 9.53 Å². The maximum Gasteiger partial charge on any atom is 0.308 e. The highest BCUT2D eigenvalue weighted by molar-refractivity contribution is 7.07. The van der Waals surface area contributed by atoms with Gasteiger partial charge in [0.1, 0.15) is 6.10 Å². The van der Waals surface area contributed by atoms with Gasteiger partial charge in [-0.2, -0.15) is 0 Å².